The van der Waals surface area contributed by atoms with E-state index < -0.39 is 0 Å². The summed E-state index contributed by atoms with van der Waals surface area (Å²) in [7, 11) is 0. The Bertz CT molecular complexity index is 435. The molecule has 0 saturated heterocycles. The number of nitrogens with two attached hydrogens (primary N) is 2. The van der Waals surface area contributed by atoms with Crippen LogP contribution >= 0.6 is 24.0 Å². The maximum absolute atomic E-state index is 10.7. The van der Waals surface area contributed by atoms with Crippen molar-refractivity contribution in [3.63, 3.8) is 0 Å². The number of amides is 1. The van der Waals surface area contributed by atoms with Crippen LogP contribution in [0.25, 0.3) is 0 Å². The van der Waals surface area contributed by atoms with Gasteiger partial charge in [0, 0.05) is 29.1 Å². The molecule has 0 unspecified atom stereocenters. The van der Waals surface area contributed by atoms with Crippen molar-refractivity contribution in [3.05, 3.63) is 23.8 Å². The highest BCUT2D eigenvalue weighted by Crippen LogP contribution is 2.26. The van der Waals surface area contributed by atoms with E-state index in [-0.39, 0.29) is 12.3 Å². The van der Waals surface area contributed by atoms with E-state index >= 15 is 0 Å². The van der Waals surface area contributed by atoms with Crippen molar-refractivity contribution in [3.8, 4) is 0 Å². The molecule has 4 nitrogen and oxygen atoms in total. The van der Waals surface area contributed by atoms with E-state index in [0.717, 1.165) is 16.1 Å². The monoisotopic (exact) mass is 269 g/mol. The first-order chi connectivity index (χ1) is 8.06. The van der Waals surface area contributed by atoms with Crippen LogP contribution in [0.2, 0.25) is 0 Å². The Balaban J connectivity index is 2.90. The standard InChI is InChI=1S/C11H15N3OS2/c1-17-8-4-2-3-7(10(8)11(13)16)14-6-5-9(12)15/h2-4,14H,5-6H2,1H3,(H2,12,15)(H2,13,16). The summed E-state index contributed by atoms with van der Waals surface area (Å²) in [6.07, 6.45) is 2.24. The molecule has 6 heteroatoms. The van der Waals surface area contributed by atoms with Crippen LogP contribution in [-0.4, -0.2) is 23.7 Å². The van der Waals surface area contributed by atoms with Gasteiger partial charge in [-0.25, -0.2) is 0 Å². The number of benzene rings is 1. The molecule has 0 aliphatic heterocycles. The van der Waals surface area contributed by atoms with Crippen LogP contribution in [0.4, 0.5) is 5.69 Å². The quantitative estimate of drug-likeness (QED) is 0.536. The van der Waals surface area contributed by atoms with Gasteiger partial charge in [0.1, 0.15) is 4.99 Å². The number of thioether (sulfide) groups is 1. The molecule has 0 radical (unpaired) electrons. The van der Waals surface area contributed by atoms with Gasteiger partial charge in [-0.1, -0.05) is 18.3 Å². The molecule has 5 N–H and O–H groups in total. The Kier molecular flexibility index (Phi) is 5.24. The fourth-order valence-electron chi connectivity index (χ4n) is 1.42. The van der Waals surface area contributed by atoms with E-state index in [0.29, 0.717) is 11.5 Å². The summed E-state index contributed by atoms with van der Waals surface area (Å²) in [5.74, 6) is -0.338. The van der Waals surface area contributed by atoms with Crippen molar-refractivity contribution in [1.29, 1.82) is 0 Å². The Hall–Kier alpha value is -1.27. The van der Waals surface area contributed by atoms with Crippen LogP contribution in [0.3, 0.4) is 0 Å². The Morgan fingerprint density at radius 2 is 2.18 bits per heavy atom. The molecule has 0 aromatic heterocycles. The second-order valence-electron chi connectivity index (χ2n) is 3.39. The molecular weight excluding hydrogens is 254 g/mol. The second-order valence-corrected chi connectivity index (χ2v) is 4.68. The van der Waals surface area contributed by atoms with E-state index in [9.17, 15) is 4.79 Å². The number of rotatable bonds is 6. The zero-order chi connectivity index (χ0) is 12.8. The SMILES string of the molecule is CSc1cccc(NCCC(N)=O)c1C(N)=S. The lowest BCUT2D eigenvalue weighted by molar-refractivity contribution is -0.117. The van der Waals surface area contributed by atoms with Gasteiger partial charge in [-0.15, -0.1) is 11.8 Å². The average molecular weight is 269 g/mol. The molecule has 1 aromatic rings. The zero-order valence-corrected chi connectivity index (χ0v) is 11.2. The maximum Gasteiger partial charge on any atom is 0.219 e. The van der Waals surface area contributed by atoms with Gasteiger partial charge < -0.3 is 16.8 Å². The lowest BCUT2D eigenvalue weighted by Crippen LogP contribution is -2.18. The predicted molar refractivity (Wildman–Crippen MR) is 76.4 cm³/mol. The molecule has 0 bridgehead atoms. The lowest BCUT2D eigenvalue weighted by Gasteiger charge is -2.13. The van der Waals surface area contributed by atoms with E-state index in [1.807, 2.05) is 24.5 Å². The van der Waals surface area contributed by atoms with Crippen LogP contribution in [0.15, 0.2) is 23.1 Å². The minimum atomic E-state index is -0.338. The minimum Gasteiger partial charge on any atom is -0.389 e. The largest absolute Gasteiger partial charge is 0.389 e. The smallest absolute Gasteiger partial charge is 0.219 e. The third-order valence-electron chi connectivity index (χ3n) is 2.18. The molecule has 0 saturated carbocycles. The van der Waals surface area contributed by atoms with Crippen molar-refractivity contribution >= 4 is 40.6 Å². The van der Waals surface area contributed by atoms with Gasteiger partial charge >= 0.3 is 0 Å². The molecule has 0 atom stereocenters. The zero-order valence-electron chi connectivity index (χ0n) is 9.53. The number of hydrogen-bond acceptors (Lipinski definition) is 4. The van der Waals surface area contributed by atoms with Crippen molar-refractivity contribution in [2.45, 2.75) is 11.3 Å². The van der Waals surface area contributed by atoms with Gasteiger partial charge in [-0.3, -0.25) is 4.79 Å². The summed E-state index contributed by atoms with van der Waals surface area (Å²) >= 11 is 6.62. The minimum absolute atomic E-state index is 0.278. The fraction of sp³-hybridized carbons (Fsp3) is 0.273. The average Bonchev–Trinajstić information content (AvgIpc) is 2.27. The number of primary amides is 1. The normalized spacial score (nSPS) is 9.94. The summed E-state index contributed by atoms with van der Waals surface area (Å²) < 4.78 is 0. The van der Waals surface area contributed by atoms with Crippen molar-refractivity contribution in [1.82, 2.24) is 0 Å². The highest BCUT2D eigenvalue weighted by molar-refractivity contribution is 7.98. The Labute approximate surface area is 110 Å². The van der Waals surface area contributed by atoms with Crippen LogP contribution in [0, 0.1) is 0 Å². The molecule has 92 valence electrons. The summed E-state index contributed by atoms with van der Waals surface area (Å²) in [4.78, 5) is 12.0. The number of carbonyl (C=O) groups excluding carboxylic acids is 1. The first kappa shape index (κ1) is 13.8. The number of nitrogens with one attached hydrogen (secondary N) is 1. The number of anilines is 1. The number of carbonyl (C=O) groups is 1. The molecule has 0 aliphatic rings. The summed E-state index contributed by atoms with van der Waals surface area (Å²) in [6, 6.07) is 5.76. The second kappa shape index (κ2) is 6.46. The van der Waals surface area contributed by atoms with Gasteiger partial charge in [0.2, 0.25) is 5.91 Å². The first-order valence-corrected chi connectivity index (χ1v) is 6.68. The molecule has 1 rings (SSSR count). The van der Waals surface area contributed by atoms with Crippen LogP contribution in [0.1, 0.15) is 12.0 Å². The summed E-state index contributed by atoms with van der Waals surface area (Å²) in [5, 5.41) is 3.12. The van der Waals surface area contributed by atoms with Crippen molar-refractivity contribution in [2.75, 3.05) is 18.1 Å². The van der Waals surface area contributed by atoms with Gasteiger partial charge in [0.25, 0.3) is 0 Å². The van der Waals surface area contributed by atoms with Gasteiger partial charge in [-0.05, 0) is 18.4 Å². The van der Waals surface area contributed by atoms with Gasteiger partial charge in [-0.2, -0.15) is 0 Å². The van der Waals surface area contributed by atoms with E-state index in [1.165, 1.54) is 0 Å². The number of thiocarbonyl (C=S) groups is 1. The summed E-state index contributed by atoms with van der Waals surface area (Å²) in [6.45, 7) is 0.475. The third kappa shape index (κ3) is 3.90. The maximum atomic E-state index is 10.7. The highest BCUT2D eigenvalue weighted by atomic mass is 32.2. The first-order valence-electron chi connectivity index (χ1n) is 5.05. The topological polar surface area (TPSA) is 81.1 Å². The third-order valence-corrected chi connectivity index (χ3v) is 3.16. The fourth-order valence-corrected chi connectivity index (χ4v) is 2.35. The lowest BCUT2D eigenvalue weighted by atomic mass is 10.1. The van der Waals surface area contributed by atoms with Crippen molar-refractivity contribution in [2.24, 2.45) is 11.5 Å². The predicted octanol–water partition coefficient (Wildman–Crippen LogP) is 1.33. The molecule has 0 fully saturated rings. The summed E-state index contributed by atoms with van der Waals surface area (Å²) in [5.41, 5.74) is 12.4. The Morgan fingerprint density at radius 3 is 2.71 bits per heavy atom. The molecule has 0 spiro atoms. The Morgan fingerprint density at radius 1 is 1.47 bits per heavy atom. The van der Waals surface area contributed by atoms with E-state index in [4.69, 9.17) is 23.7 Å². The van der Waals surface area contributed by atoms with Crippen LogP contribution in [0.5, 0.6) is 0 Å². The molecular formula is C11H15N3OS2. The molecule has 0 aliphatic carbocycles. The molecule has 1 aromatic carbocycles. The molecule has 1 amide bonds. The molecule has 0 heterocycles. The van der Waals surface area contributed by atoms with Crippen molar-refractivity contribution < 1.29 is 4.79 Å². The van der Waals surface area contributed by atoms with Gasteiger partial charge in [0.15, 0.2) is 0 Å². The number of hydrogen-bond donors (Lipinski definition) is 3. The molecule has 17 heavy (non-hydrogen) atoms. The van der Waals surface area contributed by atoms with Crippen LogP contribution < -0.4 is 16.8 Å². The highest BCUT2D eigenvalue weighted by Gasteiger charge is 2.10. The van der Waals surface area contributed by atoms with Crippen LogP contribution in [-0.2, 0) is 4.79 Å². The van der Waals surface area contributed by atoms with Gasteiger partial charge in [0.05, 0.1) is 0 Å². The van der Waals surface area contributed by atoms with E-state index in [2.05, 4.69) is 5.32 Å². The van der Waals surface area contributed by atoms with E-state index in [1.54, 1.807) is 11.8 Å².